The summed E-state index contributed by atoms with van der Waals surface area (Å²) in [4.78, 5) is 38.1. The fourth-order valence-corrected chi connectivity index (χ4v) is 7.94. The SMILES string of the molecule is CCC/C=C\C/C=C\CCCCCCCC(=O)OCC(COC(=O)CCCCCCCCCCCC/C=C\C/C=C\C/C=C\CCCCCCC)OC(=O)CCCCCCC/C=C\C/C=C\CCC. The first-order chi connectivity index (χ1) is 34.0. The van der Waals surface area contributed by atoms with Crippen LogP contribution in [0, 0.1) is 0 Å². The monoisotopic (exact) mass is 961 g/mol. The third-order valence-electron chi connectivity index (χ3n) is 12.3. The molecular weight excluding hydrogens is 853 g/mol. The highest BCUT2D eigenvalue weighted by Crippen LogP contribution is 2.15. The van der Waals surface area contributed by atoms with Crippen molar-refractivity contribution in [2.45, 2.75) is 284 Å². The number of rotatable bonds is 52. The molecule has 0 aliphatic heterocycles. The van der Waals surface area contributed by atoms with Gasteiger partial charge in [-0.15, -0.1) is 0 Å². The van der Waals surface area contributed by atoms with Crippen molar-refractivity contribution in [2.24, 2.45) is 0 Å². The Kier molecular flexibility index (Phi) is 54.3. The second-order valence-electron chi connectivity index (χ2n) is 19.2. The summed E-state index contributed by atoms with van der Waals surface area (Å²) in [5, 5.41) is 0. The lowest BCUT2D eigenvalue weighted by atomic mass is 10.1. The molecule has 0 heterocycles. The van der Waals surface area contributed by atoms with Gasteiger partial charge in [0.2, 0.25) is 0 Å². The standard InChI is InChI=1S/C63H108O6/c1-4-7-10-13-16-19-22-25-26-27-28-29-30-31-32-33-34-35-36-39-41-44-47-50-53-56-62(65)68-59-60(69-63(66)57-54-51-48-45-42-38-24-21-18-15-12-9-6-3)58-67-61(64)55-52-49-46-43-40-37-23-20-17-14-11-8-5-2/h11-12,14-15,20-25,27-28,30-31,60H,4-10,13,16-19,26,29,32-59H2,1-3H3/b14-11-,15-12-,23-20-,24-21-,25-22-,28-27-,31-30-. The predicted molar refractivity (Wildman–Crippen MR) is 297 cm³/mol. The van der Waals surface area contributed by atoms with Gasteiger partial charge in [-0.05, 0) is 109 Å². The van der Waals surface area contributed by atoms with Gasteiger partial charge in [-0.3, -0.25) is 14.4 Å². The third-order valence-corrected chi connectivity index (χ3v) is 12.3. The molecule has 0 spiro atoms. The molecule has 0 saturated heterocycles. The Morgan fingerprint density at radius 1 is 0.290 bits per heavy atom. The zero-order valence-electron chi connectivity index (χ0n) is 45.3. The lowest BCUT2D eigenvalue weighted by Crippen LogP contribution is -2.30. The van der Waals surface area contributed by atoms with Crippen LogP contribution < -0.4 is 0 Å². The van der Waals surface area contributed by atoms with Gasteiger partial charge in [-0.2, -0.15) is 0 Å². The van der Waals surface area contributed by atoms with E-state index in [0.29, 0.717) is 19.3 Å². The number of hydrogen-bond donors (Lipinski definition) is 0. The maximum atomic E-state index is 12.8. The summed E-state index contributed by atoms with van der Waals surface area (Å²) >= 11 is 0. The molecule has 1 unspecified atom stereocenters. The van der Waals surface area contributed by atoms with Crippen molar-refractivity contribution >= 4 is 17.9 Å². The van der Waals surface area contributed by atoms with Crippen LogP contribution in [0.25, 0.3) is 0 Å². The summed E-state index contributed by atoms with van der Waals surface area (Å²) in [5.74, 6) is -0.918. The highest BCUT2D eigenvalue weighted by molar-refractivity contribution is 5.71. The van der Waals surface area contributed by atoms with E-state index in [9.17, 15) is 14.4 Å². The van der Waals surface area contributed by atoms with E-state index >= 15 is 0 Å². The molecule has 69 heavy (non-hydrogen) atoms. The van der Waals surface area contributed by atoms with Gasteiger partial charge in [0.25, 0.3) is 0 Å². The minimum absolute atomic E-state index is 0.0890. The zero-order chi connectivity index (χ0) is 50.0. The van der Waals surface area contributed by atoms with Crippen LogP contribution in [0.1, 0.15) is 278 Å². The summed E-state index contributed by atoms with van der Waals surface area (Å²) in [7, 11) is 0. The van der Waals surface area contributed by atoms with E-state index in [0.717, 1.165) is 135 Å². The topological polar surface area (TPSA) is 78.9 Å². The molecule has 0 radical (unpaired) electrons. The Hall–Kier alpha value is -3.41. The van der Waals surface area contributed by atoms with Crippen LogP contribution in [0.15, 0.2) is 85.1 Å². The Balaban J connectivity index is 4.30. The van der Waals surface area contributed by atoms with E-state index in [-0.39, 0.29) is 31.1 Å². The fraction of sp³-hybridized carbons (Fsp3) is 0.730. The summed E-state index contributed by atoms with van der Waals surface area (Å²) in [6, 6.07) is 0. The fourth-order valence-electron chi connectivity index (χ4n) is 7.94. The van der Waals surface area contributed by atoms with Gasteiger partial charge in [0, 0.05) is 19.3 Å². The van der Waals surface area contributed by atoms with E-state index < -0.39 is 6.10 Å². The van der Waals surface area contributed by atoms with Gasteiger partial charge in [0.15, 0.2) is 6.10 Å². The largest absolute Gasteiger partial charge is 0.462 e. The molecule has 0 aliphatic carbocycles. The zero-order valence-corrected chi connectivity index (χ0v) is 45.3. The molecule has 0 bridgehead atoms. The van der Waals surface area contributed by atoms with Crippen molar-refractivity contribution in [1.29, 1.82) is 0 Å². The first-order valence-electron chi connectivity index (χ1n) is 29.1. The Bertz CT molecular complexity index is 1330. The Labute approximate surface area is 426 Å². The number of allylic oxidation sites excluding steroid dienone is 14. The highest BCUT2D eigenvalue weighted by atomic mass is 16.6. The number of esters is 3. The van der Waals surface area contributed by atoms with Gasteiger partial charge in [-0.1, -0.05) is 234 Å². The molecule has 396 valence electrons. The minimum Gasteiger partial charge on any atom is -0.462 e. The normalized spacial score (nSPS) is 12.7. The van der Waals surface area contributed by atoms with E-state index in [1.165, 1.54) is 103 Å². The minimum atomic E-state index is -0.791. The van der Waals surface area contributed by atoms with E-state index in [2.05, 4.69) is 106 Å². The van der Waals surface area contributed by atoms with E-state index in [4.69, 9.17) is 14.2 Å². The number of carbonyl (C=O) groups excluding carboxylic acids is 3. The summed E-state index contributed by atoms with van der Waals surface area (Å²) < 4.78 is 16.8. The number of unbranched alkanes of at least 4 members (excludes halogenated alkanes) is 27. The molecule has 6 heteroatoms. The number of ether oxygens (including phenoxy) is 3. The van der Waals surface area contributed by atoms with Crippen molar-refractivity contribution in [1.82, 2.24) is 0 Å². The van der Waals surface area contributed by atoms with Crippen LogP contribution in [-0.2, 0) is 28.6 Å². The maximum Gasteiger partial charge on any atom is 0.306 e. The molecule has 0 N–H and O–H groups in total. The first-order valence-corrected chi connectivity index (χ1v) is 29.1. The molecule has 0 amide bonds. The van der Waals surface area contributed by atoms with Gasteiger partial charge in [0.05, 0.1) is 0 Å². The smallest absolute Gasteiger partial charge is 0.306 e. The third kappa shape index (κ3) is 55.4. The van der Waals surface area contributed by atoms with Gasteiger partial charge >= 0.3 is 17.9 Å². The van der Waals surface area contributed by atoms with E-state index in [1.54, 1.807) is 0 Å². The molecule has 1 atom stereocenters. The van der Waals surface area contributed by atoms with Crippen LogP contribution in [0.3, 0.4) is 0 Å². The van der Waals surface area contributed by atoms with Crippen molar-refractivity contribution in [3.05, 3.63) is 85.1 Å². The molecule has 0 fully saturated rings. The highest BCUT2D eigenvalue weighted by Gasteiger charge is 2.19. The van der Waals surface area contributed by atoms with Gasteiger partial charge < -0.3 is 14.2 Å². The van der Waals surface area contributed by atoms with E-state index in [1.807, 2.05) is 0 Å². The quantitative estimate of drug-likeness (QED) is 0.0262. The molecule has 0 aromatic rings. The Morgan fingerprint density at radius 3 is 0.870 bits per heavy atom. The van der Waals surface area contributed by atoms with Crippen LogP contribution in [0.2, 0.25) is 0 Å². The maximum absolute atomic E-state index is 12.8. The van der Waals surface area contributed by atoms with Gasteiger partial charge in [-0.25, -0.2) is 0 Å². The average Bonchev–Trinajstić information content (AvgIpc) is 3.35. The molecule has 0 aromatic heterocycles. The lowest BCUT2D eigenvalue weighted by molar-refractivity contribution is -0.167. The van der Waals surface area contributed by atoms with Crippen molar-refractivity contribution < 1.29 is 28.6 Å². The van der Waals surface area contributed by atoms with Crippen LogP contribution >= 0.6 is 0 Å². The van der Waals surface area contributed by atoms with Crippen molar-refractivity contribution in [2.75, 3.05) is 13.2 Å². The molecule has 0 rings (SSSR count). The molecule has 0 saturated carbocycles. The summed E-state index contributed by atoms with van der Waals surface area (Å²) in [6.45, 7) is 6.48. The summed E-state index contributed by atoms with van der Waals surface area (Å²) in [5.41, 5.74) is 0. The summed E-state index contributed by atoms with van der Waals surface area (Å²) in [6.07, 6.45) is 74.4. The van der Waals surface area contributed by atoms with Crippen LogP contribution in [0.4, 0.5) is 0 Å². The van der Waals surface area contributed by atoms with Crippen LogP contribution in [0.5, 0.6) is 0 Å². The number of carbonyl (C=O) groups is 3. The molecule has 0 aromatic carbocycles. The van der Waals surface area contributed by atoms with Gasteiger partial charge in [0.1, 0.15) is 13.2 Å². The average molecular weight is 962 g/mol. The lowest BCUT2D eigenvalue weighted by Gasteiger charge is -2.18. The second-order valence-corrected chi connectivity index (χ2v) is 19.2. The second kappa shape index (κ2) is 57.2. The Morgan fingerprint density at radius 2 is 0.551 bits per heavy atom. The first kappa shape index (κ1) is 65.6. The molecular formula is C63H108O6. The van der Waals surface area contributed by atoms with Crippen molar-refractivity contribution in [3.8, 4) is 0 Å². The predicted octanol–water partition coefficient (Wildman–Crippen LogP) is 19.5. The number of hydrogen-bond acceptors (Lipinski definition) is 6. The molecule has 6 nitrogen and oxygen atoms in total. The molecule has 0 aliphatic rings. The van der Waals surface area contributed by atoms with Crippen LogP contribution in [-0.4, -0.2) is 37.2 Å². The van der Waals surface area contributed by atoms with Crippen molar-refractivity contribution in [3.63, 3.8) is 0 Å².